The van der Waals surface area contributed by atoms with Gasteiger partial charge in [-0.1, -0.05) is 36.6 Å². The Morgan fingerprint density at radius 1 is 1.10 bits per heavy atom. The van der Waals surface area contributed by atoms with E-state index in [0.717, 1.165) is 25.7 Å². The van der Waals surface area contributed by atoms with Crippen molar-refractivity contribution in [2.75, 3.05) is 26.2 Å². The van der Waals surface area contributed by atoms with Gasteiger partial charge in [0.15, 0.2) is 0 Å². The fourth-order valence-corrected chi connectivity index (χ4v) is 4.63. The van der Waals surface area contributed by atoms with Gasteiger partial charge in [0.2, 0.25) is 0 Å². The van der Waals surface area contributed by atoms with Gasteiger partial charge in [-0.25, -0.2) is 4.39 Å². The molecule has 7 heteroatoms. The topological polar surface area (TPSA) is 49.9 Å². The van der Waals surface area contributed by atoms with Gasteiger partial charge in [-0.15, -0.1) is 0 Å². The van der Waals surface area contributed by atoms with E-state index in [-0.39, 0.29) is 29.8 Å². The first-order valence-electron chi connectivity index (χ1n) is 10.7. The van der Waals surface area contributed by atoms with Gasteiger partial charge in [0, 0.05) is 31.2 Å². The average molecular weight is 445 g/mol. The Morgan fingerprint density at radius 3 is 2.52 bits per heavy atom. The normalized spacial score (nSPS) is 19.4. The molecule has 1 saturated heterocycles. The van der Waals surface area contributed by atoms with Gasteiger partial charge < -0.3 is 14.5 Å². The lowest BCUT2D eigenvalue weighted by Gasteiger charge is -2.38. The van der Waals surface area contributed by atoms with Crippen molar-refractivity contribution in [2.45, 2.75) is 37.8 Å². The first kappa shape index (κ1) is 21.8. The first-order valence-corrected chi connectivity index (χ1v) is 11.1. The van der Waals surface area contributed by atoms with Crippen LogP contribution in [0, 0.1) is 5.82 Å². The van der Waals surface area contributed by atoms with E-state index in [1.165, 1.54) is 24.3 Å². The quantitative estimate of drug-likeness (QED) is 0.686. The maximum Gasteiger partial charge on any atom is 0.255 e. The Bertz CT molecular complexity index is 931. The zero-order valence-electron chi connectivity index (χ0n) is 17.3. The summed E-state index contributed by atoms with van der Waals surface area (Å²) in [6.45, 7) is 1.68. The lowest BCUT2D eigenvalue weighted by Crippen LogP contribution is -2.52. The van der Waals surface area contributed by atoms with Crippen LogP contribution < -0.4 is 0 Å². The minimum absolute atomic E-state index is 0.120. The summed E-state index contributed by atoms with van der Waals surface area (Å²) >= 11 is 6.21. The Kier molecular flexibility index (Phi) is 6.88. The van der Waals surface area contributed by atoms with Crippen LogP contribution in [0.1, 0.15) is 46.4 Å². The maximum absolute atomic E-state index is 13.3. The molecule has 1 saturated carbocycles. The number of nitrogens with zero attached hydrogens (tertiary/aromatic N) is 2. The molecule has 0 radical (unpaired) electrons. The second-order valence-corrected chi connectivity index (χ2v) is 8.53. The summed E-state index contributed by atoms with van der Waals surface area (Å²) in [5.41, 5.74) is 0.938. The molecule has 2 aromatic rings. The number of carbonyl (C=O) groups excluding carboxylic acids is 2. The summed E-state index contributed by atoms with van der Waals surface area (Å²) < 4.78 is 19.3. The highest BCUT2D eigenvalue weighted by Crippen LogP contribution is 2.26. The molecule has 164 valence electrons. The molecule has 1 aliphatic carbocycles. The standard InChI is InChI=1S/C24H26ClFN2O3/c25-22-8-4-3-7-21(22)24(30)27-13-14-31-20(15-27)16-28(19-5-1-2-6-19)23(29)17-9-11-18(26)12-10-17/h3-4,7-12,19-20H,1-2,5-6,13-16H2. The molecule has 0 aromatic heterocycles. The molecule has 4 rings (SSSR count). The van der Waals surface area contributed by atoms with Gasteiger partial charge in [0.1, 0.15) is 5.82 Å². The molecule has 1 atom stereocenters. The Hall–Kier alpha value is -2.44. The Labute approximate surface area is 186 Å². The molecule has 2 aromatic carbocycles. The molecule has 2 amide bonds. The highest BCUT2D eigenvalue weighted by atomic mass is 35.5. The summed E-state index contributed by atoms with van der Waals surface area (Å²) in [7, 11) is 0. The van der Waals surface area contributed by atoms with Crippen LogP contribution in [0.15, 0.2) is 48.5 Å². The Balaban J connectivity index is 1.48. The number of benzene rings is 2. The number of hydrogen-bond acceptors (Lipinski definition) is 3. The third kappa shape index (κ3) is 5.08. The van der Waals surface area contributed by atoms with Crippen LogP contribution in [0.3, 0.4) is 0 Å². The zero-order chi connectivity index (χ0) is 21.8. The maximum atomic E-state index is 13.3. The Morgan fingerprint density at radius 2 is 1.81 bits per heavy atom. The van der Waals surface area contributed by atoms with E-state index in [1.54, 1.807) is 29.2 Å². The molecular formula is C24H26ClFN2O3. The number of morpholine rings is 1. The van der Waals surface area contributed by atoms with Crippen molar-refractivity contribution in [3.05, 3.63) is 70.5 Å². The van der Waals surface area contributed by atoms with Gasteiger partial charge in [-0.2, -0.15) is 0 Å². The van der Waals surface area contributed by atoms with Gasteiger partial charge in [0.05, 0.1) is 23.3 Å². The lowest BCUT2D eigenvalue weighted by molar-refractivity contribution is -0.0370. The highest BCUT2D eigenvalue weighted by Gasteiger charge is 2.33. The van der Waals surface area contributed by atoms with Crippen LogP contribution in [0.4, 0.5) is 4.39 Å². The van der Waals surface area contributed by atoms with Crippen LogP contribution in [0.5, 0.6) is 0 Å². The number of hydrogen-bond donors (Lipinski definition) is 0. The zero-order valence-corrected chi connectivity index (χ0v) is 18.1. The molecule has 2 aliphatic rings. The largest absolute Gasteiger partial charge is 0.373 e. The summed E-state index contributed by atoms with van der Waals surface area (Å²) in [4.78, 5) is 29.8. The minimum Gasteiger partial charge on any atom is -0.373 e. The van der Waals surface area contributed by atoms with Crippen molar-refractivity contribution in [1.29, 1.82) is 0 Å². The molecule has 0 N–H and O–H groups in total. The number of carbonyl (C=O) groups is 2. The van der Waals surface area contributed by atoms with Crippen LogP contribution in [-0.4, -0.2) is 60.0 Å². The summed E-state index contributed by atoms with van der Waals surface area (Å²) in [5, 5.41) is 0.426. The molecule has 1 heterocycles. The van der Waals surface area contributed by atoms with E-state index in [4.69, 9.17) is 16.3 Å². The number of ether oxygens (including phenoxy) is 1. The lowest BCUT2D eigenvalue weighted by atomic mass is 10.1. The predicted octanol–water partition coefficient (Wildman–Crippen LogP) is 4.41. The average Bonchev–Trinajstić information content (AvgIpc) is 3.32. The van der Waals surface area contributed by atoms with E-state index in [1.807, 2.05) is 4.90 Å². The van der Waals surface area contributed by atoms with E-state index in [2.05, 4.69) is 0 Å². The van der Waals surface area contributed by atoms with Gasteiger partial charge >= 0.3 is 0 Å². The number of rotatable bonds is 5. The van der Waals surface area contributed by atoms with Crippen LogP contribution in [-0.2, 0) is 4.74 Å². The first-order chi connectivity index (χ1) is 15.0. The van der Waals surface area contributed by atoms with Crippen molar-refractivity contribution in [2.24, 2.45) is 0 Å². The minimum atomic E-state index is -0.367. The third-order valence-corrected chi connectivity index (χ3v) is 6.38. The summed E-state index contributed by atoms with van der Waals surface area (Å²) in [6.07, 6.45) is 3.77. The molecular weight excluding hydrogens is 419 g/mol. The summed E-state index contributed by atoms with van der Waals surface area (Å²) in [6, 6.07) is 12.8. The molecule has 5 nitrogen and oxygen atoms in total. The van der Waals surface area contributed by atoms with E-state index >= 15 is 0 Å². The highest BCUT2D eigenvalue weighted by molar-refractivity contribution is 6.33. The predicted molar refractivity (Wildman–Crippen MR) is 117 cm³/mol. The third-order valence-electron chi connectivity index (χ3n) is 6.05. The van der Waals surface area contributed by atoms with Gasteiger partial charge in [-0.05, 0) is 49.2 Å². The van der Waals surface area contributed by atoms with E-state index in [0.29, 0.717) is 42.4 Å². The summed E-state index contributed by atoms with van der Waals surface area (Å²) in [5.74, 6) is -0.616. The second-order valence-electron chi connectivity index (χ2n) is 8.13. The molecule has 1 aliphatic heterocycles. The molecule has 0 bridgehead atoms. The van der Waals surface area contributed by atoms with E-state index in [9.17, 15) is 14.0 Å². The van der Waals surface area contributed by atoms with Crippen molar-refractivity contribution < 1.29 is 18.7 Å². The molecule has 0 spiro atoms. The molecule has 31 heavy (non-hydrogen) atoms. The molecule has 2 fully saturated rings. The fraction of sp³-hybridized carbons (Fsp3) is 0.417. The van der Waals surface area contributed by atoms with Crippen LogP contribution in [0.25, 0.3) is 0 Å². The van der Waals surface area contributed by atoms with E-state index < -0.39 is 0 Å². The van der Waals surface area contributed by atoms with Gasteiger partial charge in [0.25, 0.3) is 11.8 Å². The second kappa shape index (κ2) is 9.79. The van der Waals surface area contributed by atoms with Crippen LogP contribution in [0.2, 0.25) is 5.02 Å². The SMILES string of the molecule is O=C(c1ccccc1Cl)N1CCOC(CN(C(=O)c2ccc(F)cc2)C2CCCC2)C1. The van der Waals surface area contributed by atoms with Gasteiger partial charge in [-0.3, -0.25) is 9.59 Å². The van der Waals surface area contributed by atoms with Crippen molar-refractivity contribution in [3.63, 3.8) is 0 Å². The van der Waals surface area contributed by atoms with Crippen molar-refractivity contribution >= 4 is 23.4 Å². The number of halogens is 2. The van der Waals surface area contributed by atoms with Crippen LogP contribution >= 0.6 is 11.6 Å². The monoisotopic (exact) mass is 444 g/mol. The smallest absolute Gasteiger partial charge is 0.255 e. The van der Waals surface area contributed by atoms with Crippen molar-refractivity contribution in [1.82, 2.24) is 9.80 Å². The molecule has 1 unspecified atom stereocenters. The fourth-order valence-electron chi connectivity index (χ4n) is 4.41. The number of amides is 2. The van der Waals surface area contributed by atoms with Crippen molar-refractivity contribution in [3.8, 4) is 0 Å².